The van der Waals surface area contributed by atoms with E-state index in [-0.39, 0.29) is 12.6 Å². The third-order valence-corrected chi connectivity index (χ3v) is 2.11. The number of pyridine rings is 1. The summed E-state index contributed by atoms with van der Waals surface area (Å²) in [5, 5.41) is 15.3. The van der Waals surface area contributed by atoms with Crippen molar-refractivity contribution in [2.75, 3.05) is 25.0 Å². The van der Waals surface area contributed by atoms with E-state index in [9.17, 15) is 0 Å². The van der Waals surface area contributed by atoms with Crippen LogP contribution in [-0.2, 0) is 0 Å². The molecule has 0 radical (unpaired) electrons. The molecule has 0 aliphatic heterocycles. The van der Waals surface area contributed by atoms with E-state index in [1.807, 2.05) is 25.3 Å². The van der Waals surface area contributed by atoms with Gasteiger partial charge in [0.25, 0.3) is 0 Å². The van der Waals surface area contributed by atoms with E-state index in [4.69, 9.17) is 5.11 Å². The van der Waals surface area contributed by atoms with Gasteiger partial charge in [-0.3, -0.25) is 4.98 Å². The van der Waals surface area contributed by atoms with Crippen LogP contribution < -0.4 is 10.6 Å². The third kappa shape index (κ3) is 5.34. The lowest BCUT2D eigenvalue weighted by atomic mass is 10.3. The second kappa shape index (κ2) is 7.20. The van der Waals surface area contributed by atoms with Gasteiger partial charge in [0.05, 0.1) is 12.3 Å². The molecule has 15 heavy (non-hydrogen) atoms. The summed E-state index contributed by atoms with van der Waals surface area (Å²) in [4.78, 5) is 4.01. The van der Waals surface area contributed by atoms with Gasteiger partial charge in [0.15, 0.2) is 0 Å². The van der Waals surface area contributed by atoms with Crippen molar-refractivity contribution in [3.63, 3.8) is 0 Å². The summed E-state index contributed by atoms with van der Waals surface area (Å²) < 4.78 is 0. The van der Waals surface area contributed by atoms with Crippen LogP contribution in [0.3, 0.4) is 0 Å². The van der Waals surface area contributed by atoms with Crippen molar-refractivity contribution in [1.29, 1.82) is 0 Å². The Labute approximate surface area is 90.7 Å². The van der Waals surface area contributed by atoms with Crippen molar-refractivity contribution < 1.29 is 5.11 Å². The third-order valence-electron chi connectivity index (χ3n) is 2.11. The number of nitrogens with zero attached hydrogens (tertiary/aromatic N) is 1. The average molecular weight is 209 g/mol. The highest BCUT2D eigenvalue weighted by Gasteiger charge is 1.96. The van der Waals surface area contributed by atoms with Gasteiger partial charge in [0, 0.05) is 25.0 Å². The maximum absolute atomic E-state index is 8.78. The van der Waals surface area contributed by atoms with Crippen molar-refractivity contribution in [3.05, 3.63) is 24.5 Å². The Morgan fingerprint density at radius 1 is 1.47 bits per heavy atom. The molecular weight excluding hydrogens is 190 g/mol. The lowest BCUT2D eigenvalue weighted by Crippen LogP contribution is -2.30. The number of anilines is 1. The molecule has 1 heterocycles. The molecular formula is C11H19N3O. The predicted octanol–water partition coefficient (Wildman–Crippen LogP) is 0.854. The van der Waals surface area contributed by atoms with Crippen LogP contribution in [0.2, 0.25) is 0 Å². The lowest BCUT2D eigenvalue weighted by molar-refractivity contribution is 0.252. The quantitative estimate of drug-likeness (QED) is 0.583. The van der Waals surface area contributed by atoms with Crippen LogP contribution in [0, 0.1) is 0 Å². The van der Waals surface area contributed by atoms with Gasteiger partial charge < -0.3 is 15.7 Å². The van der Waals surface area contributed by atoms with Gasteiger partial charge >= 0.3 is 0 Å². The Kier molecular flexibility index (Phi) is 5.73. The molecule has 84 valence electrons. The SMILES string of the molecule is CC(CO)NCCCNc1cccnc1. The zero-order chi connectivity index (χ0) is 10.9. The molecule has 1 atom stereocenters. The van der Waals surface area contributed by atoms with E-state index in [0.717, 1.165) is 25.2 Å². The molecule has 3 N–H and O–H groups in total. The molecule has 1 aromatic heterocycles. The van der Waals surface area contributed by atoms with E-state index >= 15 is 0 Å². The van der Waals surface area contributed by atoms with Gasteiger partial charge in [-0.2, -0.15) is 0 Å². The Morgan fingerprint density at radius 2 is 2.33 bits per heavy atom. The van der Waals surface area contributed by atoms with E-state index in [2.05, 4.69) is 15.6 Å². The molecule has 0 spiro atoms. The molecule has 1 unspecified atom stereocenters. The molecule has 1 aromatic rings. The predicted molar refractivity (Wildman–Crippen MR) is 61.9 cm³/mol. The smallest absolute Gasteiger partial charge is 0.0581 e. The number of aromatic nitrogens is 1. The minimum Gasteiger partial charge on any atom is -0.395 e. The first-order valence-electron chi connectivity index (χ1n) is 5.31. The first-order chi connectivity index (χ1) is 7.33. The van der Waals surface area contributed by atoms with Crippen LogP contribution in [0.15, 0.2) is 24.5 Å². The minimum absolute atomic E-state index is 0.184. The van der Waals surface area contributed by atoms with Gasteiger partial charge in [-0.05, 0) is 32.0 Å². The van der Waals surface area contributed by atoms with Crippen molar-refractivity contribution in [1.82, 2.24) is 10.3 Å². The Bertz CT molecular complexity index is 253. The molecule has 4 heteroatoms. The van der Waals surface area contributed by atoms with Crippen LogP contribution in [0.1, 0.15) is 13.3 Å². The summed E-state index contributed by atoms with van der Waals surface area (Å²) in [6, 6.07) is 4.09. The summed E-state index contributed by atoms with van der Waals surface area (Å²) in [5.41, 5.74) is 1.05. The highest BCUT2D eigenvalue weighted by atomic mass is 16.3. The zero-order valence-corrected chi connectivity index (χ0v) is 9.11. The fourth-order valence-electron chi connectivity index (χ4n) is 1.20. The molecule has 0 aromatic carbocycles. The summed E-state index contributed by atoms with van der Waals surface area (Å²) in [5.74, 6) is 0. The van der Waals surface area contributed by atoms with Gasteiger partial charge in [0.1, 0.15) is 0 Å². The zero-order valence-electron chi connectivity index (χ0n) is 9.11. The van der Waals surface area contributed by atoms with E-state index < -0.39 is 0 Å². The highest BCUT2D eigenvalue weighted by molar-refractivity contribution is 5.39. The van der Waals surface area contributed by atoms with Crippen molar-refractivity contribution in [2.24, 2.45) is 0 Å². The Balaban J connectivity index is 2.03. The summed E-state index contributed by atoms with van der Waals surface area (Å²) in [7, 11) is 0. The minimum atomic E-state index is 0.184. The molecule has 1 rings (SSSR count). The van der Waals surface area contributed by atoms with Crippen molar-refractivity contribution >= 4 is 5.69 Å². The fourth-order valence-corrected chi connectivity index (χ4v) is 1.20. The fraction of sp³-hybridized carbons (Fsp3) is 0.545. The maximum Gasteiger partial charge on any atom is 0.0581 e. The molecule has 0 aliphatic carbocycles. The molecule has 0 bridgehead atoms. The van der Waals surface area contributed by atoms with Crippen molar-refractivity contribution in [2.45, 2.75) is 19.4 Å². The van der Waals surface area contributed by atoms with Gasteiger partial charge in [-0.25, -0.2) is 0 Å². The number of rotatable bonds is 7. The average Bonchev–Trinajstić information content (AvgIpc) is 2.29. The molecule has 0 amide bonds. The number of aliphatic hydroxyl groups excluding tert-OH is 1. The summed E-state index contributed by atoms with van der Waals surface area (Å²) in [6.07, 6.45) is 4.60. The monoisotopic (exact) mass is 209 g/mol. The van der Waals surface area contributed by atoms with Crippen molar-refractivity contribution in [3.8, 4) is 0 Å². The Hall–Kier alpha value is -1.13. The standard InChI is InChI=1S/C11H19N3O/c1-10(9-15)13-6-3-7-14-11-4-2-5-12-8-11/h2,4-5,8,10,13-15H,3,6-7,9H2,1H3. The van der Waals surface area contributed by atoms with Crippen LogP contribution in [0.25, 0.3) is 0 Å². The first-order valence-corrected chi connectivity index (χ1v) is 5.31. The highest BCUT2D eigenvalue weighted by Crippen LogP contribution is 2.01. The second-order valence-corrected chi connectivity index (χ2v) is 3.56. The van der Waals surface area contributed by atoms with Gasteiger partial charge in [-0.1, -0.05) is 0 Å². The van der Waals surface area contributed by atoms with Crippen LogP contribution in [0.5, 0.6) is 0 Å². The Morgan fingerprint density at radius 3 is 3.00 bits per heavy atom. The normalized spacial score (nSPS) is 12.4. The molecule has 4 nitrogen and oxygen atoms in total. The maximum atomic E-state index is 8.78. The molecule has 0 saturated heterocycles. The topological polar surface area (TPSA) is 57.2 Å². The van der Waals surface area contributed by atoms with E-state index in [0.29, 0.717) is 0 Å². The van der Waals surface area contributed by atoms with Crippen LogP contribution >= 0.6 is 0 Å². The summed E-state index contributed by atoms with van der Waals surface area (Å²) in [6.45, 7) is 3.98. The van der Waals surface area contributed by atoms with Gasteiger partial charge in [-0.15, -0.1) is 0 Å². The van der Waals surface area contributed by atoms with Crippen LogP contribution in [-0.4, -0.2) is 35.8 Å². The van der Waals surface area contributed by atoms with Gasteiger partial charge in [0.2, 0.25) is 0 Å². The molecule has 0 saturated carbocycles. The van der Waals surface area contributed by atoms with Crippen LogP contribution in [0.4, 0.5) is 5.69 Å². The lowest BCUT2D eigenvalue weighted by Gasteiger charge is -2.10. The number of aliphatic hydroxyl groups is 1. The first kappa shape index (κ1) is 11.9. The largest absolute Gasteiger partial charge is 0.395 e. The number of nitrogens with one attached hydrogen (secondary N) is 2. The molecule has 0 fully saturated rings. The number of hydrogen-bond acceptors (Lipinski definition) is 4. The molecule has 0 aliphatic rings. The second-order valence-electron chi connectivity index (χ2n) is 3.56. The summed E-state index contributed by atoms with van der Waals surface area (Å²) >= 11 is 0. The van der Waals surface area contributed by atoms with E-state index in [1.54, 1.807) is 6.20 Å². The van der Waals surface area contributed by atoms with E-state index in [1.165, 1.54) is 0 Å². The number of hydrogen-bond donors (Lipinski definition) is 3.